The molecule has 62 valence electrons. The van der Waals surface area contributed by atoms with Crippen molar-refractivity contribution in [1.29, 1.82) is 0 Å². The molecule has 2 N–H and O–H groups in total. The highest BCUT2D eigenvalue weighted by Gasteiger charge is 2.35. The van der Waals surface area contributed by atoms with Crippen molar-refractivity contribution in [1.82, 2.24) is 10.6 Å². The van der Waals surface area contributed by atoms with Crippen LogP contribution in [-0.2, 0) is 4.79 Å². The van der Waals surface area contributed by atoms with E-state index in [1.54, 1.807) is 0 Å². The number of carbonyl (C=O) groups is 2. The molecule has 1 unspecified atom stereocenters. The van der Waals surface area contributed by atoms with E-state index in [1.807, 2.05) is 0 Å². The van der Waals surface area contributed by atoms with Crippen molar-refractivity contribution in [3.05, 3.63) is 0 Å². The van der Waals surface area contributed by atoms with Gasteiger partial charge in [0.05, 0.1) is 0 Å². The molecule has 2 heterocycles. The van der Waals surface area contributed by atoms with Crippen LogP contribution in [0.2, 0.25) is 0 Å². The van der Waals surface area contributed by atoms with E-state index in [-0.39, 0.29) is 5.84 Å². The zero-order valence-corrected chi connectivity index (χ0v) is 7.25. The summed E-state index contributed by atoms with van der Waals surface area (Å²) in [6.45, 7) is 0. The summed E-state index contributed by atoms with van der Waals surface area (Å²) in [4.78, 5) is 29.4. The van der Waals surface area contributed by atoms with Crippen LogP contribution in [0.3, 0.4) is 0 Å². The third kappa shape index (κ3) is 1.02. The van der Waals surface area contributed by atoms with E-state index in [0.29, 0.717) is 4.74 Å². The van der Waals surface area contributed by atoms with Crippen LogP contribution in [0.4, 0.5) is 4.79 Å². The first-order valence-corrected chi connectivity index (χ1v) is 3.90. The lowest BCUT2D eigenvalue weighted by Gasteiger charge is -2.16. The molecule has 1 fully saturated rings. The van der Waals surface area contributed by atoms with Crippen molar-refractivity contribution >= 4 is 38.4 Å². The number of amidine groups is 2. The predicted molar refractivity (Wildman–Crippen MR) is 44.3 cm³/mol. The van der Waals surface area contributed by atoms with Crippen molar-refractivity contribution in [2.24, 2.45) is 9.98 Å². The fraction of sp³-hybridized carbons (Fsp3) is 0.200. The second kappa shape index (κ2) is 2.37. The van der Waals surface area contributed by atoms with E-state index in [0.717, 1.165) is 0 Å². The summed E-state index contributed by atoms with van der Waals surface area (Å²) in [5.41, 5.74) is 0. The van der Waals surface area contributed by atoms with Crippen LogP contribution in [0.5, 0.6) is 0 Å². The van der Waals surface area contributed by atoms with Gasteiger partial charge in [0.15, 0.2) is 10.8 Å². The fourth-order valence-corrected chi connectivity index (χ4v) is 1.36. The number of rotatable bonds is 0. The first-order chi connectivity index (χ1) is 5.66. The number of urea groups is 1. The number of carbonyl (C=O) groups excluding carboxylic acids is 2. The van der Waals surface area contributed by atoms with Crippen molar-refractivity contribution < 1.29 is 9.59 Å². The summed E-state index contributed by atoms with van der Waals surface area (Å²) in [7, 11) is 0. The Morgan fingerprint density at radius 3 is 2.83 bits per heavy atom. The molecule has 12 heavy (non-hydrogen) atoms. The van der Waals surface area contributed by atoms with Crippen molar-refractivity contribution in [3.63, 3.8) is 0 Å². The van der Waals surface area contributed by atoms with E-state index in [2.05, 4.69) is 36.5 Å². The Kier molecular flexibility index (Phi) is 1.47. The maximum atomic E-state index is 11.1. The molecule has 0 aromatic carbocycles. The van der Waals surface area contributed by atoms with Crippen molar-refractivity contribution in [3.8, 4) is 0 Å². The molecule has 0 bridgehead atoms. The summed E-state index contributed by atoms with van der Waals surface area (Å²) >= 11 is 3.01. The fourth-order valence-electron chi connectivity index (χ4n) is 0.964. The SMILES string of the molecule is O=C1NC(=O)C2N=C(Br)N=C2N1. The van der Waals surface area contributed by atoms with Crippen LogP contribution in [0, 0.1) is 0 Å². The Labute approximate surface area is 75.3 Å². The number of hydrogen-bond donors (Lipinski definition) is 2. The normalized spacial score (nSPS) is 26.9. The third-order valence-corrected chi connectivity index (χ3v) is 1.82. The van der Waals surface area contributed by atoms with Gasteiger partial charge in [-0.25, -0.2) is 14.8 Å². The first-order valence-electron chi connectivity index (χ1n) is 3.10. The number of amides is 3. The van der Waals surface area contributed by atoms with Crippen LogP contribution in [0.1, 0.15) is 0 Å². The number of hydrogen-bond acceptors (Lipinski definition) is 4. The minimum atomic E-state index is -0.697. The largest absolute Gasteiger partial charge is 0.326 e. The second-order valence-electron chi connectivity index (χ2n) is 2.24. The molecule has 3 amide bonds. The summed E-state index contributed by atoms with van der Waals surface area (Å²) in [5, 5.41) is 4.45. The van der Waals surface area contributed by atoms with E-state index in [9.17, 15) is 9.59 Å². The van der Waals surface area contributed by atoms with Gasteiger partial charge in [-0.1, -0.05) is 0 Å². The van der Waals surface area contributed by atoms with Gasteiger partial charge in [-0.2, -0.15) is 0 Å². The topological polar surface area (TPSA) is 82.9 Å². The van der Waals surface area contributed by atoms with Crippen LogP contribution >= 0.6 is 15.9 Å². The molecule has 2 rings (SSSR count). The Bertz CT molecular complexity index is 334. The average molecular weight is 231 g/mol. The number of imide groups is 1. The second-order valence-corrected chi connectivity index (χ2v) is 2.95. The van der Waals surface area contributed by atoms with E-state index < -0.39 is 18.0 Å². The molecule has 0 aromatic heterocycles. The van der Waals surface area contributed by atoms with E-state index in [4.69, 9.17) is 0 Å². The van der Waals surface area contributed by atoms with Crippen LogP contribution in [0.15, 0.2) is 9.98 Å². The maximum Gasteiger partial charge on any atom is 0.326 e. The third-order valence-electron chi connectivity index (χ3n) is 1.43. The lowest BCUT2D eigenvalue weighted by atomic mass is 10.2. The number of nitrogens with zero attached hydrogens (tertiary/aromatic N) is 2. The van der Waals surface area contributed by atoms with Crippen molar-refractivity contribution in [2.45, 2.75) is 6.04 Å². The van der Waals surface area contributed by atoms with Gasteiger partial charge >= 0.3 is 6.03 Å². The molecule has 2 aliphatic heterocycles. The molecule has 2 aliphatic rings. The minimum absolute atomic E-state index is 0.274. The summed E-state index contributed by atoms with van der Waals surface area (Å²) in [6.07, 6.45) is 0. The Balaban J connectivity index is 2.34. The zero-order chi connectivity index (χ0) is 8.72. The molecule has 0 aromatic rings. The lowest BCUT2D eigenvalue weighted by molar-refractivity contribution is -0.120. The summed E-state index contributed by atoms with van der Waals surface area (Å²) < 4.78 is 0.319. The van der Waals surface area contributed by atoms with Gasteiger partial charge in [0.25, 0.3) is 5.91 Å². The van der Waals surface area contributed by atoms with Gasteiger partial charge in [0.1, 0.15) is 5.84 Å². The van der Waals surface area contributed by atoms with E-state index >= 15 is 0 Å². The average Bonchev–Trinajstić information content (AvgIpc) is 2.29. The van der Waals surface area contributed by atoms with E-state index in [1.165, 1.54) is 0 Å². The first kappa shape index (κ1) is 7.41. The molecule has 0 saturated carbocycles. The minimum Gasteiger partial charge on any atom is -0.293 e. The molecule has 1 atom stereocenters. The number of aliphatic imine (C=N–C) groups is 2. The van der Waals surface area contributed by atoms with Gasteiger partial charge in [-0.3, -0.25) is 15.4 Å². The molecule has 0 spiro atoms. The monoisotopic (exact) mass is 230 g/mol. The highest BCUT2D eigenvalue weighted by Crippen LogP contribution is 2.10. The number of halogens is 1. The molecule has 0 radical (unpaired) electrons. The van der Waals surface area contributed by atoms with Gasteiger partial charge in [-0.05, 0) is 15.9 Å². The predicted octanol–water partition coefficient (Wildman–Crippen LogP) is -0.643. The van der Waals surface area contributed by atoms with Crippen molar-refractivity contribution in [2.75, 3.05) is 0 Å². The highest BCUT2D eigenvalue weighted by atomic mass is 79.9. The van der Waals surface area contributed by atoms with Crippen LogP contribution < -0.4 is 10.6 Å². The molecule has 0 aliphatic carbocycles. The molecule has 1 saturated heterocycles. The zero-order valence-electron chi connectivity index (χ0n) is 5.67. The standard InChI is InChI=1S/C5H3BrN4O2/c6-4-7-1-2(8-4)9-5(12)10-3(1)11/h1H,(H2,7,8,9,10,11,12). The van der Waals surface area contributed by atoms with Gasteiger partial charge in [-0.15, -0.1) is 0 Å². The maximum absolute atomic E-state index is 11.1. The quantitative estimate of drug-likeness (QED) is 0.543. The van der Waals surface area contributed by atoms with Crippen LogP contribution in [0.25, 0.3) is 0 Å². The van der Waals surface area contributed by atoms with Gasteiger partial charge in [0.2, 0.25) is 0 Å². The number of nitrogens with one attached hydrogen (secondary N) is 2. The highest BCUT2D eigenvalue weighted by molar-refractivity contribution is 9.18. The van der Waals surface area contributed by atoms with Crippen LogP contribution in [-0.4, -0.2) is 28.6 Å². The Morgan fingerprint density at radius 2 is 2.08 bits per heavy atom. The molecular weight excluding hydrogens is 228 g/mol. The van der Waals surface area contributed by atoms with Gasteiger partial charge < -0.3 is 0 Å². The number of fused-ring (bicyclic) bond motifs is 1. The molecule has 7 heteroatoms. The lowest BCUT2D eigenvalue weighted by Crippen LogP contribution is -2.57. The molecular formula is C5H3BrN4O2. The molecule has 6 nitrogen and oxygen atoms in total. The Hall–Kier alpha value is -1.24. The smallest absolute Gasteiger partial charge is 0.293 e. The Morgan fingerprint density at radius 1 is 1.33 bits per heavy atom. The summed E-state index contributed by atoms with van der Waals surface area (Å²) in [6, 6.07) is -1.26. The van der Waals surface area contributed by atoms with Gasteiger partial charge in [0, 0.05) is 0 Å². The summed E-state index contributed by atoms with van der Waals surface area (Å²) in [5.74, 6) is -0.178.